The second-order valence-electron chi connectivity index (χ2n) is 4.84. The van der Waals surface area contributed by atoms with Crippen molar-refractivity contribution in [3.05, 3.63) is 24.3 Å². The Morgan fingerprint density at radius 1 is 1.48 bits per heavy atom. The first-order valence-corrected chi connectivity index (χ1v) is 7.28. The van der Waals surface area contributed by atoms with Gasteiger partial charge in [0, 0.05) is 30.6 Å². The summed E-state index contributed by atoms with van der Waals surface area (Å²) in [5, 5.41) is 14.5. The summed E-state index contributed by atoms with van der Waals surface area (Å²) in [4.78, 5) is 12.0. The SMILES string of the molecule is CCNCC(C)C(=O)Nc1cccc(OCCCC#N)c1. The van der Waals surface area contributed by atoms with Gasteiger partial charge in [0.05, 0.1) is 12.7 Å². The Kier molecular flexibility index (Phi) is 7.92. The van der Waals surface area contributed by atoms with Crippen LogP contribution < -0.4 is 15.4 Å². The fraction of sp³-hybridized carbons (Fsp3) is 0.500. The van der Waals surface area contributed by atoms with Crippen LogP contribution in [0.4, 0.5) is 5.69 Å². The molecule has 0 heterocycles. The smallest absolute Gasteiger partial charge is 0.228 e. The number of nitriles is 1. The van der Waals surface area contributed by atoms with Gasteiger partial charge in [0.1, 0.15) is 5.75 Å². The van der Waals surface area contributed by atoms with E-state index in [1.54, 1.807) is 6.07 Å². The monoisotopic (exact) mass is 289 g/mol. The molecule has 0 saturated heterocycles. The zero-order valence-electron chi connectivity index (χ0n) is 12.7. The Bertz CT molecular complexity index is 483. The van der Waals surface area contributed by atoms with Crippen molar-refractivity contribution in [2.45, 2.75) is 26.7 Å². The maximum Gasteiger partial charge on any atom is 0.228 e. The molecule has 1 aromatic carbocycles. The Morgan fingerprint density at radius 3 is 3.00 bits per heavy atom. The second kappa shape index (κ2) is 9.78. The van der Waals surface area contributed by atoms with Gasteiger partial charge in [-0.25, -0.2) is 0 Å². The van der Waals surface area contributed by atoms with Crippen molar-refractivity contribution in [1.29, 1.82) is 5.26 Å². The van der Waals surface area contributed by atoms with Crippen LogP contribution in [0.5, 0.6) is 5.75 Å². The molecule has 0 fully saturated rings. The molecule has 1 rings (SSSR count). The Labute approximate surface area is 126 Å². The van der Waals surface area contributed by atoms with Crippen molar-refractivity contribution in [3.63, 3.8) is 0 Å². The highest BCUT2D eigenvalue weighted by Crippen LogP contribution is 2.18. The molecule has 0 aliphatic carbocycles. The number of carbonyl (C=O) groups is 1. The van der Waals surface area contributed by atoms with E-state index in [4.69, 9.17) is 10.00 Å². The van der Waals surface area contributed by atoms with Crippen LogP contribution in [-0.2, 0) is 4.79 Å². The molecule has 5 nitrogen and oxygen atoms in total. The number of rotatable bonds is 9. The first-order chi connectivity index (χ1) is 10.2. The van der Waals surface area contributed by atoms with E-state index >= 15 is 0 Å². The first kappa shape index (κ1) is 17.0. The Morgan fingerprint density at radius 2 is 2.29 bits per heavy atom. The summed E-state index contributed by atoms with van der Waals surface area (Å²) < 4.78 is 5.54. The summed E-state index contributed by atoms with van der Waals surface area (Å²) in [6, 6.07) is 9.38. The van der Waals surface area contributed by atoms with Crippen molar-refractivity contribution >= 4 is 11.6 Å². The van der Waals surface area contributed by atoms with E-state index < -0.39 is 0 Å². The van der Waals surface area contributed by atoms with Crippen molar-refractivity contribution in [2.75, 3.05) is 25.0 Å². The van der Waals surface area contributed by atoms with Crippen LogP contribution in [0.3, 0.4) is 0 Å². The van der Waals surface area contributed by atoms with Gasteiger partial charge >= 0.3 is 0 Å². The zero-order chi connectivity index (χ0) is 15.5. The van der Waals surface area contributed by atoms with Gasteiger partial charge in [-0.1, -0.05) is 19.9 Å². The van der Waals surface area contributed by atoms with E-state index in [0.717, 1.165) is 12.2 Å². The minimum Gasteiger partial charge on any atom is -0.493 e. The number of nitrogens with one attached hydrogen (secondary N) is 2. The lowest BCUT2D eigenvalue weighted by atomic mass is 10.1. The van der Waals surface area contributed by atoms with Crippen molar-refractivity contribution in [1.82, 2.24) is 5.32 Å². The Balaban J connectivity index is 2.48. The highest BCUT2D eigenvalue weighted by atomic mass is 16.5. The van der Waals surface area contributed by atoms with Gasteiger partial charge in [-0.2, -0.15) is 5.26 Å². The fourth-order valence-electron chi connectivity index (χ4n) is 1.72. The summed E-state index contributed by atoms with van der Waals surface area (Å²) in [7, 11) is 0. The van der Waals surface area contributed by atoms with Crippen molar-refractivity contribution in [3.8, 4) is 11.8 Å². The van der Waals surface area contributed by atoms with E-state index in [-0.39, 0.29) is 11.8 Å². The predicted octanol–water partition coefficient (Wildman–Crippen LogP) is 2.55. The van der Waals surface area contributed by atoms with Gasteiger partial charge in [0.2, 0.25) is 5.91 Å². The largest absolute Gasteiger partial charge is 0.493 e. The predicted molar refractivity (Wildman–Crippen MR) is 83.1 cm³/mol. The molecule has 1 aromatic rings. The third-order valence-corrected chi connectivity index (χ3v) is 2.95. The number of carbonyl (C=O) groups excluding carboxylic acids is 1. The Hall–Kier alpha value is -2.06. The number of unbranched alkanes of at least 4 members (excludes halogenated alkanes) is 1. The van der Waals surface area contributed by atoms with Gasteiger partial charge in [-0.3, -0.25) is 4.79 Å². The number of hydrogen-bond donors (Lipinski definition) is 2. The summed E-state index contributed by atoms with van der Waals surface area (Å²) in [6.45, 7) is 5.91. The summed E-state index contributed by atoms with van der Waals surface area (Å²) >= 11 is 0. The lowest BCUT2D eigenvalue weighted by Crippen LogP contribution is -2.30. The molecule has 5 heteroatoms. The lowest BCUT2D eigenvalue weighted by Gasteiger charge is -2.13. The van der Waals surface area contributed by atoms with Crippen LogP contribution in [0.2, 0.25) is 0 Å². The van der Waals surface area contributed by atoms with E-state index in [2.05, 4.69) is 16.7 Å². The number of ether oxygens (including phenoxy) is 1. The number of amides is 1. The maximum absolute atomic E-state index is 12.0. The fourth-order valence-corrected chi connectivity index (χ4v) is 1.72. The zero-order valence-corrected chi connectivity index (χ0v) is 12.7. The molecule has 0 aliphatic rings. The molecule has 0 bridgehead atoms. The molecule has 0 spiro atoms. The van der Waals surface area contributed by atoms with Crippen LogP contribution in [0.25, 0.3) is 0 Å². The van der Waals surface area contributed by atoms with Gasteiger partial charge in [-0.05, 0) is 25.1 Å². The average molecular weight is 289 g/mol. The van der Waals surface area contributed by atoms with Crippen LogP contribution in [0, 0.1) is 17.2 Å². The lowest BCUT2D eigenvalue weighted by molar-refractivity contribution is -0.119. The number of anilines is 1. The molecule has 1 unspecified atom stereocenters. The molecule has 1 amide bonds. The summed E-state index contributed by atoms with van der Waals surface area (Å²) in [5.74, 6) is 0.591. The minimum atomic E-state index is -0.0925. The molecular formula is C16H23N3O2. The number of hydrogen-bond acceptors (Lipinski definition) is 4. The van der Waals surface area contributed by atoms with E-state index in [0.29, 0.717) is 31.7 Å². The molecular weight excluding hydrogens is 266 g/mol. The molecule has 0 aliphatic heterocycles. The van der Waals surface area contributed by atoms with Gasteiger partial charge in [-0.15, -0.1) is 0 Å². The van der Waals surface area contributed by atoms with E-state index in [9.17, 15) is 4.79 Å². The third kappa shape index (κ3) is 6.77. The molecule has 0 aromatic heterocycles. The second-order valence-corrected chi connectivity index (χ2v) is 4.84. The van der Waals surface area contributed by atoms with Crippen LogP contribution in [-0.4, -0.2) is 25.6 Å². The van der Waals surface area contributed by atoms with Gasteiger partial charge in [0.15, 0.2) is 0 Å². The maximum atomic E-state index is 12.0. The molecule has 1 atom stereocenters. The van der Waals surface area contributed by atoms with Crippen molar-refractivity contribution < 1.29 is 9.53 Å². The quantitative estimate of drug-likeness (QED) is 0.685. The highest BCUT2D eigenvalue weighted by Gasteiger charge is 2.12. The standard InChI is InChI=1S/C16H23N3O2/c1-3-18-12-13(2)16(20)19-14-7-6-8-15(11-14)21-10-5-4-9-17/h6-8,11,13,18H,3-5,10,12H2,1-2H3,(H,19,20). The topological polar surface area (TPSA) is 74.2 Å². The van der Waals surface area contributed by atoms with Crippen LogP contribution in [0.15, 0.2) is 24.3 Å². The average Bonchev–Trinajstić information content (AvgIpc) is 2.49. The highest BCUT2D eigenvalue weighted by molar-refractivity contribution is 5.92. The minimum absolute atomic E-state index is 0.0161. The van der Waals surface area contributed by atoms with E-state index in [1.165, 1.54) is 0 Å². The molecule has 0 radical (unpaired) electrons. The van der Waals surface area contributed by atoms with Gasteiger partial charge in [0.25, 0.3) is 0 Å². The molecule has 114 valence electrons. The third-order valence-electron chi connectivity index (χ3n) is 2.95. The molecule has 2 N–H and O–H groups in total. The van der Waals surface area contributed by atoms with Crippen molar-refractivity contribution in [2.24, 2.45) is 5.92 Å². The molecule has 0 saturated carbocycles. The van der Waals surface area contributed by atoms with E-state index in [1.807, 2.05) is 32.0 Å². The normalized spacial score (nSPS) is 11.5. The summed E-state index contributed by atoms with van der Waals surface area (Å²) in [6.07, 6.45) is 1.19. The first-order valence-electron chi connectivity index (χ1n) is 7.28. The summed E-state index contributed by atoms with van der Waals surface area (Å²) in [5.41, 5.74) is 0.723. The number of benzene rings is 1. The molecule has 21 heavy (non-hydrogen) atoms. The van der Waals surface area contributed by atoms with Crippen LogP contribution >= 0.6 is 0 Å². The van der Waals surface area contributed by atoms with Crippen LogP contribution in [0.1, 0.15) is 26.7 Å². The number of nitrogens with zero attached hydrogens (tertiary/aromatic N) is 1. The van der Waals surface area contributed by atoms with Gasteiger partial charge < -0.3 is 15.4 Å².